The van der Waals surface area contributed by atoms with Crippen LogP contribution in [0.25, 0.3) is 0 Å². The largest absolute Gasteiger partial charge is 0.454 e. The molecule has 0 saturated carbocycles. The second-order valence-electron chi connectivity index (χ2n) is 3.59. The normalized spacial score (nSPS) is 10.3. The lowest BCUT2D eigenvalue weighted by molar-refractivity contribution is 0.476. The molecule has 0 fully saturated rings. The van der Waals surface area contributed by atoms with E-state index in [0.29, 0.717) is 10.8 Å². The predicted molar refractivity (Wildman–Crippen MR) is 73.1 cm³/mol. The van der Waals surface area contributed by atoms with Crippen LogP contribution in [0.1, 0.15) is 11.3 Å². The summed E-state index contributed by atoms with van der Waals surface area (Å²) in [6.45, 7) is 1.90. The lowest BCUT2D eigenvalue weighted by Crippen LogP contribution is -1.91. The highest BCUT2D eigenvalue weighted by Crippen LogP contribution is 2.31. The molecule has 0 amide bonds. The molecule has 0 bridgehead atoms. The Labute approximate surface area is 114 Å². The Balaban J connectivity index is 2.28. The average Bonchev–Trinajstić information content (AvgIpc) is 2.34. The SMILES string of the molecule is Cc1ncccc1Oc1ccc(CBr)cc1Cl. The maximum atomic E-state index is 6.14. The molecule has 1 heterocycles. The monoisotopic (exact) mass is 311 g/mol. The van der Waals surface area contributed by atoms with E-state index in [0.717, 1.165) is 22.3 Å². The van der Waals surface area contributed by atoms with E-state index in [1.165, 1.54) is 0 Å². The number of aryl methyl sites for hydroxylation is 1. The molecule has 2 nitrogen and oxygen atoms in total. The minimum Gasteiger partial charge on any atom is -0.454 e. The highest BCUT2D eigenvalue weighted by molar-refractivity contribution is 9.08. The van der Waals surface area contributed by atoms with Gasteiger partial charge in [0.15, 0.2) is 0 Å². The number of ether oxygens (including phenoxy) is 1. The van der Waals surface area contributed by atoms with Crippen LogP contribution in [0, 0.1) is 6.92 Å². The summed E-state index contributed by atoms with van der Waals surface area (Å²) in [7, 11) is 0. The number of pyridine rings is 1. The number of rotatable bonds is 3. The Morgan fingerprint density at radius 2 is 2.12 bits per heavy atom. The number of hydrogen-bond donors (Lipinski definition) is 0. The van der Waals surface area contributed by atoms with Gasteiger partial charge in [-0.25, -0.2) is 0 Å². The third-order valence-electron chi connectivity index (χ3n) is 2.33. The van der Waals surface area contributed by atoms with Gasteiger partial charge >= 0.3 is 0 Å². The van der Waals surface area contributed by atoms with Crippen molar-refractivity contribution in [2.75, 3.05) is 0 Å². The standard InChI is InChI=1S/C13H11BrClNO/c1-9-12(3-2-6-16-9)17-13-5-4-10(8-14)7-11(13)15/h2-7H,8H2,1H3. The van der Waals surface area contributed by atoms with E-state index in [-0.39, 0.29) is 0 Å². The van der Waals surface area contributed by atoms with Crippen LogP contribution in [0.4, 0.5) is 0 Å². The van der Waals surface area contributed by atoms with Crippen LogP contribution in [0.5, 0.6) is 11.5 Å². The molecule has 0 spiro atoms. The van der Waals surface area contributed by atoms with E-state index in [9.17, 15) is 0 Å². The van der Waals surface area contributed by atoms with Gasteiger partial charge in [-0.15, -0.1) is 0 Å². The van der Waals surface area contributed by atoms with Crippen LogP contribution >= 0.6 is 27.5 Å². The summed E-state index contributed by atoms with van der Waals surface area (Å²) in [5, 5.41) is 1.38. The highest BCUT2D eigenvalue weighted by atomic mass is 79.9. The van der Waals surface area contributed by atoms with Crippen molar-refractivity contribution in [1.82, 2.24) is 4.98 Å². The van der Waals surface area contributed by atoms with Crippen molar-refractivity contribution in [2.24, 2.45) is 0 Å². The third kappa shape index (κ3) is 2.99. The molecule has 4 heteroatoms. The van der Waals surface area contributed by atoms with Crippen LogP contribution in [-0.2, 0) is 5.33 Å². The zero-order chi connectivity index (χ0) is 12.3. The van der Waals surface area contributed by atoms with Crippen molar-refractivity contribution in [1.29, 1.82) is 0 Å². The molecule has 0 aliphatic rings. The van der Waals surface area contributed by atoms with Gasteiger partial charge in [0.1, 0.15) is 11.5 Å². The maximum Gasteiger partial charge on any atom is 0.148 e. The number of alkyl halides is 1. The van der Waals surface area contributed by atoms with Crippen LogP contribution in [0.3, 0.4) is 0 Å². The molecule has 2 aromatic rings. The van der Waals surface area contributed by atoms with Crippen molar-refractivity contribution < 1.29 is 4.74 Å². The molecule has 0 radical (unpaired) electrons. The summed E-state index contributed by atoms with van der Waals surface area (Å²) < 4.78 is 5.73. The minimum atomic E-state index is 0.602. The molecule has 0 saturated heterocycles. The Bertz CT molecular complexity index is 531. The summed E-state index contributed by atoms with van der Waals surface area (Å²) in [5.41, 5.74) is 1.96. The van der Waals surface area contributed by atoms with Gasteiger partial charge in [0.25, 0.3) is 0 Å². The third-order valence-corrected chi connectivity index (χ3v) is 3.27. The first-order valence-corrected chi connectivity index (χ1v) is 6.64. The van der Waals surface area contributed by atoms with Gasteiger partial charge in [0.2, 0.25) is 0 Å². The molecule has 0 N–H and O–H groups in total. The Hall–Kier alpha value is -1.06. The van der Waals surface area contributed by atoms with Crippen molar-refractivity contribution >= 4 is 27.5 Å². The molecule has 0 unspecified atom stereocenters. The van der Waals surface area contributed by atoms with Gasteiger partial charge in [0, 0.05) is 11.5 Å². The molecule has 0 aliphatic carbocycles. The smallest absolute Gasteiger partial charge is 0.148 e. The molecule has 1 aromatic carbocycles. The van der Waals surface area contributed by atoms with Crippen LogP contribution in [-0.4, -0.2) is 4.98 Å². The van der Waals surface area contributed by atoms with Gasteiger partial charge in [-0.2, -0.15) is 0 Å². The van der Waals surface area contributed by atoms with Crippen LogP contribution in [0.2, 0.25) is 5.02 Å². The fourth-order valence-electron chi connectivity index (χ4n) is 1.41. The van der Waals surface area contributed by atoms with E-state index in [1.807, 2.05) is 37.3 Å². The van der Waals surface area contributed by atoms with Gasteiger partial charge in [0.05, 0.1) is 10.7 Å². The van der Waals surface area contributed by atoms with Gasteiger partial charge in [-0.3, -0.25) is 4.98 Å². The summed E-state index contributed by atoms with van der Waals surface area (Å²) in [6, 6.07) is 9.44. The van der Waals surface area contributed by atoms with Gasteiger partial charge in [-0.05, 0) is 36.8 Å². The Kier molecular flexibility index (Phi) is 4.02. The molecule has 1 aromatic heterocycles. The molecule has 2 rings (SSSR count). The second kappa shape index (κ2) is 5.52. The van der Waals surface area contributed by atoms with E-state index in [1.54, 1.807) is 6.20 Å². The summed E-state index contributed by atoms with van der Waals surface area (Å²) in [4.78, 5) is 4.16. The first kappa shape index (κ1) is 12.4. The fourth-order valence-corrected chi connectivity index (χ4v) is 2.00. The van der Waals surface area contributed by atoms with E-state index < -0.39 is 0 Å². The van der Waals surface area contributed by atoms with Gasteiger partial charge in [-0.1, -0.05) is 33.6 Å². The van der Waals surface area contributed by atoms with Crippen LogP contribution in [0.15, 0.2) is 36.5 Å². The first-order chi connectivity index (χ1) is 8.20. The summed E-state index contributed by atoms with van der Waals surface area (Å²) in [6.07, 6.45) is 1.73. The molecule has 17 heavy (non-hydrogen) atoms. The second-order valence-corrected chi connectivity index (χ2v) is 4.56. The number of hydrogen-bond acceptors (Lipinski definition) is 2. The minimum absolute atomic E-state index is 0.602. The van der Waals surface area contributed by atoms with Crippen LogP contribution < -0.4 is 4.74 Å². The number of aromatic nitrogens is 1. The number of benzene rings is 1. The average molecular weight is 313 g/mol. The predicted octanol–water partition coefficient (Wildman–Crippen LogP) is 4.73. The summed E-state index contributed by atoms with van der Waals surface area (Å²) >= 11 is 9.53. The van der Waals surface area contributed by atoms with Crippen molar-refractivity contribution in [3.05, 3.63) is 52.8 Å². The fraction of sp³-hybridized carbons (Fsp3) is 0.154. The molecular formula is C13H11BrClNO. The quantitative estimate of drug-likeness (QED) is 0.764. The number of nitrogens with zero attached hydrogens (tertiary/aromatic N) is 1. The van der Waals surface area contributed by atoms with E-state index in [2.05, 4.69) is 20.9 Å². The first-order valence-electron chi connectivity index (χ1n) is 5.14. The highest BCUT2D eigenvalue weighted by Gasteiger charge is 2.06. The Morgan fingerprint density at radius 1 is 1.29 bits per heavy atom. The zero-order valence-corrected chi connectivity index (χ0v) is 11.6. The topological polar surface area (TPSA) is 22.1 Å². The number of halogens is 2. The molecule has 0 aliphatic heterocycles. The van der Waals surface area contributed by atoms with E-state index in [4.69, 9.17) is 16.3 Å². The van der Waals surface area contributed by atoms with Crippen molar-refractivity contribution in [2.45, 2.75) is 12.3 Å². The van der Waals surface area contributed by atoms with Crippen molar-refractivity contribution in [3.63, 3.8) is 0 Å². The lowest BCUT2D eigenvalue weighted by Gasteiger charge is -2.09. The summed E-state index contributed by atoms with van der Waals surface area (Å²) in [5.74, 6) is 1.37. The lowest BCUT2D eigenvalue weighted by atomic mass is 10.2. The maximum absolute atomic E-state index is 6.14. The zero-order valence-electron chi connectivity index (χ0n) is 9.28. The van der Waals surface area contributed by atoms with Gasteiger partial charge < -0.3 is 4.74 Å². The molecule has 88 valence electrons. The van der Waals surface area contributed by atoms with E-state index >= 15 is 0 Å². The van der Waals surface area contributed by atoms with Crippen molar-refractivity contribution in [3.8, 4) is 11.5 Å². The Morgan fingerprint density at radius 3 is 2.76 bits per heavy atom. The molecule has 0 atom stereocenters. The molecular weight excluding hydrogens is 302 g/mol.